The molecule has 0 aromatic rings. The van der Waals surface area contributed by atoms with Crippen molar-refractivity contribution in [1.82, 2.24) is 0 Å². The number of unbranched alkanes of at least 4 members (excludes halogenated alkanes) is 3. The molecular formula is C17H40NO3Si+. The highest BCUT2D eigenvalue weighted by atomic mass is 28.4. The first-order chi connectivity index (χ1) is 10.5. The quantitative estimate of drug-likeness (QED) is 0.355. The molecule has 1 atom stereocenters. The van der Waals surface area contributed by atoms with Gasteiger partial charge in [-0.05, 0) is 26.2 Å². The second kappa shape index (κ2) is 11.6. The molecule has 0 saturated heterocycles. The van der Waals surface area contributed by atoms with Gasteiger partial charge in [-0.25, -0.2) is 0 Å². The fraction of sp³-hybridized carbons (Fsp3) is 1.00. The Labute approximate surface area is 140 Å². The van der Waals surface area contributed by atoms with Crippen LogP contribution in [0, 0.1) is 0 Å². The van der Waals surface area contributed by atoms with E-state index >= 15 is 0 Å². The average Bonchev–Trinajstić information content (AvgIpc) is 2.56. The van der Waals surface area contributed by atoms with Gasteiger partial charge in [-0.3, -0.25) is 0 Å². The van der Waals surface area contributed by atoms with Crippen molar-refractivity contribution in [2.75, 3.05) is 41.0 Å². The molecule has 0 radical (unpaired) electrons. The van der Waals surface area contributed by atoms with Gasteiger partial charge in [0.05, 0.1) is 19.6 Å². The van der Waals surface area contributed by atoms with Crippen LogP contribution in [0.5, 0.6) is 0 Å². The van der Waals surface area contributed by atoms with E-state index in [2.05, 4.69) is 27.7 Å². The first-order valence-corrected chi connectivity index (χ1v) is 10.8. The Kier molecular flexibility index (Phi) is 11.6. The van der Waals surface area contributed by atoms with Gasteiger partial charge in [0.2, 0.25) is 0 Å². The van der Waals surface area contributed by atoms with E-state index in [0.29, 0.717) is 0 Å². The van der Waals surface area contributed by atoms with Crippen molar-refractivity contribution >= 4 is 8.80 Å². The van der Waals surface area contributed by atoms with E-state index in [-0.39, 0.29) is 5.67 Å². The number of quaternary nitrogens is 1. The third-order valence-electron chi connectivity index (χ3n) is 5.06. The fourth-order valence-corrected chi connectivity index (χ4v) is 6.01. The van der Waals surface area contributed by atoms with Crippen LogP contribution in [0.4, 0.5) is 0 Å². The van der Waals surface area contributed by atoms with Crippen LogP contribution in [0.25, 0.3) is 0 Å². The zero-order valence-electron chi connectivity index (χ0n) is 16.1. The number of hydrogen-bond acceptors (Lipinski definition) is 3. The van der Waals surface area contributed by atoms with E-state index in [9.17, 15) is 0 Å². The van der Waals surface area contributed by atoms with E-state index < -0.39 is 8.80 Å². The van der Waals surface area contributed by atoms with Gasteiger partial charge in [0, 0.05) is 21.3 Å². The molecule has 0 bridgehead atoms. The minimum Gasteiger partial charge on any atom is -0.373 e. The first kappa shape index (κ1) is 22.1. The molecule has 0 fully saturated rings. The third kappa shape index (κ3) is 5.60. The Bertz CT molecular complexity index is 243. The summed E-state index contributed by atoms with van der Waals surface area (Å²) in [5.74, 6) is 0. The average molecular weight is 335 g/mol. The van der Waals surface area contributed by atoms with E-state index in [1.807, 2.05) is 0 Å². The minimum absolute atomic E-state index is 0.275. The smallest absolute Gasteiger partial charge is 0.373 e. The highest BCUT2D eigenvalue weighted by Crippen LogP contribution is 2.27. The van der Waals surface area contributed by atoms with Gasteiger partial charge in [0.25, 0.3) is 0 Å². The SMILES string of the molecule is CCCC[N+](CCCC)(CCCC)C(C)[Si](OC)(OC)OC. The maximum Gasteiger partial charge on any atom is 0.561 e. The summed E-state index contributed by atoms with van der Waals surface area (Å²) in [6.45, 7) is 12.7. The van der Waals surface area contributed by atoms with Gasteiger partial charge < -0.3 is 17.8 Å². The number of nitrogens with zero attached hydrogens (tertiary/aromatic N) is 1. The van der Waals surface area contributed by atoms with E-state index in [1.54, 1.807) is 21.3 Å². The highest BCUT2D eigenvalue weighted by Gasteiger charge is 2.55. The zero-order chi connectivity index (χ0) is 17.1. The molecule has 0 aliphatic carbocycles. The molecular weight excluding hydrogens is 294 g/mol. The fourth-order valence-electron chi connectivity index (χ4n) is 3.43. The Morgan fingerprint density at radius 3 is 1.27 bits per heavy atom. The molecule has 0 rings (SSSR count). The molecule has 0 spiro atoms. The van der Waals surface area contributed by atoms with Crippen molar-refractivity contribution < 1.29 is 17.8 Å². The lowest BCUT2D eigenvalue weighted by molar-refractivity contribution is -0.942. The molecule has 4 nitrogen and oxygen atoms in total. The molecule has 0 aromatic carbocycles. The van der Waals surface area contributed by atoms with Crippen LogP contribution in [0.2, 0.25) is 0 Å². The minimum atomic E-state index is -2.63. The summed E-state index contributed by atoms with van der Waals surface area (Å²) >= 11 is 0. The van der Waals surface area contributed by atoms with Gasteiger partial charge in [-0.15, -0.1) is 0 Å². The van der Waals surface area contributed by atoms with Crippen LogP contribution >= 0.6 is 0 Å². The topological polar surface area (TPSA) is 27.7 Å². The number of hydrogen-bond donors (Lipinski definition) is 0. The molecule has 0 aliphatic rings. The monoisotopic (exact) mass is 334 g/mol. The molecule has 5 heteroatoms. The lowest BCUT2D eigenvalue weighted by atomic mass is 10.1. The summed E-state index contributed by atoms with van der Waals surface area (Å²) < 4.78 is 18.5. The summed E-state index contributed by atoms with van der Waals surface area (Å²) in [4.78, 5) is 0. The maximum atomic E-state index is 5.82. The van der Waals surface area contributed by atoms with Crippen LogP contribution in [0.15, 0.2) is 0 Å². The second-order valence-electron chi connectivity index (χ2n) is 6.34. The Morgan fingerprint density at radius 2 is 1.05 bits per heavy atom. The third-order valence-corrected chi connectivity index (χ3v) is 8.34. The molecule has 0 heterocycles. The molecule has 0 N–H and O–H groups in total. The Balaban J connectivity index is 5.52. The molecule has 22 heavy (non-hydrogen) atoms. The van der Waals surface area contributed by atoms with E-state index in [1.165, 1.54) is 58.2 Å². The van der Waals surface area contributed by atoms with Crippen molar-refractivity contribution in [2.45, 2.75) is 71.9 Å². The summed E-state index contributed by atoms with van der Waals surface area (Å²) in [7, 11) is 2.59. The van der Waals surface area contributed by atoms with E-state index in [0.717, 1.165) is 4.48 Å². The second-order valence-corrected chi connectivity index (χ2v) is 9.61. The normalized spacial score (nSPS) is 14.3. The van der Waals surface area contributed by atoms with Crippen LogP contribution in [0.1, 0.15) is 66.2 Å². The number of rotatable bonds is 14. The molecule has 0 aromatic heterocycles. The Morgan fingerprint density at radius 1 is 0.727 bits per heavy atom. The lowest BCUT2D eigenvalue weighted by Crippen LogP contribution is -2.69. The van der Waals surface area contributed by atoms with Crippen LogP contribution in [-0.2, 0) is 13.3 Å². The largest absolute Gasteiger partial charge is 0.561 e. The van der Waals surface area contributed by atoms with Crippen LogP contribution in [-0.4, -0.2) is 59.9 Å². The van der Waals surface area contributed by atoms with Crippen molar-refractivity contribution in [3.8, 4) is 0 Å². The van der Waals surface area contributed by atoms with Crippen molar-refractivity contribution in [2.24, 2.45) is 0 Å². The van der Waals surface area contributed by atoms with E-state index in [4.69, 9.17) is 13.3 Å². The summed E-state index contributed by atoms with van der Waals surface area (Å²) in [5, 5.41) is 0. The van der Waals surface area contributed by atoms with Gasteiger partial charge >= 0.3 is 8.80 Å². The van der Waals surface area contributed by atoms with Crippen LogP contribution in [0.3, 0.4) is 0 Å². The zero-order valence-corrected chi connectivity index (χ0v) is 17.1. The first-order valence-electron chi connectivity index (χ1n) is 9.03. The van der Waals surface area contributed by atoms with Crippen molar-refractivity contribution in [3.63, 3.8) is 0 Å². The molecule has 0 aliphatic heterocycles. The lowest BCUT2D eigenvalue weighted by Gasteiger charge is -2.47. The summed E-state index contributed by atoms with van der Waals surface area (Å²) in [6, 6.07) is 0. The molecule has 0 amide bonds. The van der Waals surface area contributed by atoms with Gasteiger partial charge in [0.1, 0.15) is 0 Å². The van der Waals surface area contributed by atoms with Crippen LogP contribution < -0.4 is 0 Å². The predicted molar refractivity (Wildman–Crippen MR) is 95.8 cm³/mol. The van der Waals surface area contributed by atoms with Gasteiger partial charge in [0.15, 0.2) is 5.67 Å². The van der Waals surface area contributed by atoms with Gasteiger partial charge in [-0.2, -0.15) is 0 Å². The highest BCUT2D eigenvalue weighted by molar-refractivity contribution is 6.61. The van der Waals surface area contributed by atoms with Gasteiger partial charge in [-0.1, -0.05) is 40.0 Å². The summed E-state index contributed by atoms with van der Waals surface area (Å²) in [6.07, 6.45) is 7.43. The molecule has 0 saturated carbocycles. The predicted octanol–water partition coefficient (Wildman–Crippen LogP) is 4.01. The summed E-state index contributed by atoms with van der Waals surface area (Å²) in [5.41, 5.74) is 0.275. The molecule has 134 valence electrons. The Hall–Kier alpha value is 0.0569. The standard InChI is InChI=1S/C17H40NO3Si/c1-8-11-14-18(15-12-9-2,16-13-10-3)17(4)22(19-5,20-6)21-7/h17H,8-16H2,1-7H3/q+1. The molecule has 1 unspecified atom stereocenters. The van der Waals surface area contributed by atoms with Crippen molar-refractivity contribution in [3.05, 3.63) is 0 Å². The maximum absolute atomic E-state index is 5.82. The van der Waals surface area contributed by atoms with Crippen molar-refractivity contribution in [1.29, 1.82) is 0 Å².